The van der Waals surface area contributed by atoms with Gasteiger partial charge in [-0.1, -0.05) is 75.6 Å². The minimum Gasteiger partial charge on any atom is -0.508 e. The van der Waals surface area contributed by atoms with E-state index in [1.807, 2.05) is 44.2 Å². The van der Waals surface area contributed by atoms with Crippen LogP contribution in [0.4, 0.5) is 4.79 Å². The Hall–Kier alpha value is -3.59. The lowest BCUT2D eigenvalue weighted by atomic mass is 9.97. The number of rotatable bonds is 10. The van der Waals surface area contributed by atoms with Crippen molar-refractivity contribution in [2.75, 3.05) is 13.1 Å². The molecule has 0 radical (unpaired) electrons. The van der Waals surface area contributed by atoms with Crippen LogP contribution in [-0.2, 0) is 32.2 Å². The molecule has 0 aliphatic carbocycles. The molecule has 204 valence electrons. The highest BCUT2D eigenvalue weighted by molar-refractivity contribution is 5.92. The molecule has 2 fully saturated rings. The van der Waals surface area contributed by atoms with E-state index in [0.29, 0.717) is 13.0 Å². The lowest BCUT2D eigenvalue weighted by Crippen LogP contribution is -2.73. The summed E-state index contributed by atoms with van der Waals surface area (Å²) in [5, 5.41) is 10.9. The molecule has 4 rings (SSSR count). The summed E-state index contributed by atoms with van der Waals surface area (Å²) in [5.41, 5.74) is 1.64. The molecule has 0 saturated carbocycles. The van der Waals surface area contributed by atoms with Crippen LogP contribution in [0.1, 0.15) is 57.1 Å². The SMILES string of the molecule is CCCC[C@@H]1ON(C(=O)OCc2ccccc2)C2CN(CCCC)C(=O)[C@H](Cc3ccc(O)cc3)N2C1=O. The number of carbonyl (C=O) groups is 3. The van der Waals surface area contributed by atoms with Crippen LogP contribution < -0.4 is 0 Å². The number of amides is 3. The number of hydrogen-bond donors (Lipinski definition) is 1. The zero-order valence-corrected chi connectivity index (χ0v) is 22.1. The average molecular weight is 524 g/mol. The van der Waals surface area contributed by atoms with Crippen molar-refractivity contribution in [3.63, 3.8) is 0 Å². The molecular formula is C29H37N3O6. The molecule has 38 heavy (non-hydrogen) atoms. The molecule has 0 bridgehead atoms. The van der Waals surface area contributed by atoms with Crippen LogP contribution in [0.25, 0.3) is 0 Å². The third-order valence-corrected chi connectivity index (χ3v) is 7.03. The number of hydroxylamine groups is 2. The van der Waals surface area contributed by atoms with Crippen LogP contribution in [-0.4, -0.2) is 69.3 Å². The number of piperazine rings is 1. The van der Waals surface area contributed by atoms with Crippen molar-refractivity contribution in [1.82, 2.24) is 14.9 Å². The van der Waals surface area contributed by atoms with Gasteiger partial charge >= 0.3 is 6.09 Å². The predicted molar refractivity (Wildman–Crippen MR) is 141 cm³/mol. The van der Waals surface area contributed by atoms with Crippen LogP contribution in [0.15, 0.2) is 54.6 Å². The van der Waals surface area contributed by atoms with Gasteiger partial charge in [0, 0.05) is 13.0 Å². The van der Waals surface area contributed by atoms with Crippen molar-refractivity contribution in [3.8, 4) is 5.75 Å². The van der Waals surface area contributed by atoms with Crippen molar-refractivity contribution >= 4 is 17.9 Å². The number of phenols is 1. The summed E-state index contributed by atoms with van der Waals surface area (Å²) in [6, 6.07) is 15.2. The second-order valence-corrected chi connectivity index (χ2v) is 9.85. The molecule has 1 unspecified atom stereocenters. The molecule has 0 spiro atoms. The van der Waals surface area contributed by atoms with Crippen LogP contribution in [0.5, 0.6) is 5.75 Å². The Labute approximate surface area is 223 Å². The molecule has 9 heteroatoms. The maximum Gasteiger partial charge on any atom is 0.436 e. The molecule has 2 aliphatic rings. The Morgan fingerprint density at radius 1 is 0.974 bits per heavy atom. The van der Waals surface area contributed by atoms with Gasteiger partial charge in [-0.25, -0.2) is 4.79 Å². The molecule has 2 aliphatic heterocycles. The zero-order chi connectivity index (χ0) is 27.1. The third-order valence-electron chi connectivity index (χ3n) is 7.03. The fourth-order valence-corrected chi connectivity index (χ4v) is 4.92. The third kappa shape index (κ3) is 6.27. The highest BCUT2D eigenvalue weighted by Crippen LogP contribution is 2.31. The zero-order valence-electron chi connectivity index (χ0n) is 22.1. The van der Waals surface area contributed by atoms with Gasteiger partial charge in [-0.15, -0.1) is 0 Å². The fraction of sp³-hybridized carbons (Fsp3) is 0.483. The van der Waals surface area contributed by atoms with Gasteiger partial charge in [-0.3, -0.25) is 14.4 Å². The molecule has 2 aromatic carbocycles. The summed E-state index contributed by atoms with van der Waals surface area (Å²) in [7, 11) is 0. The van der Waals surface area contributed by atoms with Gasteiger partial charge < -0.3 is 19.6 Å². The lowest BCUT2D eigenvalue weighted by molar-refractivity contribution is -0.268. The van der Waals surface area contributed by atoms with E-state index in [-0.39, 0.29) is 37.1 Å². The number of benzene rings is 2. The highest BCUT2D eigenvalue weighted by atomic mass is 16.7. The molecule has 1 N–H and O–H groups in total. The summed E-state index contributed by atoms with van der Waals surface area (Å²) in [5.74, 6) is -0.312. The maximum atomic E-state index is 13.7. The fourth-order valence-electron chi connectivity index (χ4n) is 4.92. The van der Waals surface area contributed by atoms with Gasteiger partial charge in [-0.2, -0.15) is 5.06 Å². The van der Waals surface area contributed by atoms with Crippen LogP contribution in [0.3, 0.4) is 0 Å². The van der Waals surface area contributed by atoms with E-state index >= 15 is 0 Å². The number of hydrogen-bond acceptors (Lipinski definition) is 6. The number of phenolic OH excluding ortho intramolecular Hbond substituents is 1. The van der Waals surface area contributed by atoms with E-state index in [0.717, 1.165) is 36.8 Å². The first-order valence-corrected chi connectivity index (χ1v) is 13.5. The smallest absolute Gasteiger partial charge is 0.436 e. The Bertz CT molecular complexity index is 1090. The number of ether oxygens (including phenoxy) is 1. The van der Waals surface area contributed by atoms with E-state index in [1.54, 1.807) is 29.2 Å². The van der Waals surface area contributed by atoms with E-state index in [2.05, 4.69) is 0 Å². The van der Waals surface area contributed by atoms with Crippen molar-refractivity contribution in [1.29, 1.82) is 0 Å². The molecule has 3 amide bonds. The second-order valence-electron chi connectivity index (χ2n) is 9.85. The Morgan fingerprint density at radius 2 is 1.68 bits per heavy atom. The van der Waals surface area contributed by atoms with E-state index in [9.17, 15) is 19.5 Å². The summed E-state index contributed by atoms with van der Waals surface area (Å²) >= 11 is 0. The quantitative estimate of drug-likeness (QED) is 0.500. The van der Waals surface area contributed by atoms with Crippen molar-refractivity contribution in [2.45, 2.75) is 77.3 Å². The van der Waals surface area contributed by atoms with Crippen LogP contribution in [0, 0.1) is 0 Å². The Kier molecular flexibility index (Phi) is 9.23. The number of fused-ring (bicyclic) bond motifs is 1. The predicted octanol–water partition coefficient (Wildman–Crippen LogP) is 4.24. The normalized spacial score (nSPS) is 21.4. The van der Waals surface area contributed by atoms with Crippen molar-refractivity contribution in [2.24, 2.45) is 0 Å². The van der Waals surface area contributed by atoms with Gasteiger partial charge in [0.05, 0.1) is 6.54 Å². The molecule has 2 saturated heterocycles. The number of nitrogens with zero attached hydrogens (tertiary/aromatic N) is 3. The molecule has 9 nitrogen and oxygen atoms in total. The number of unbranched alkanes of at least 4 members (excludes halogenated alkanes) is 2. The minimum absolute atomic E-state index is 0.0647. The summed E-state index contributed by atoms with van der Waals surface area (Å²) in [4.78, 5) is 50.1. The average Bonchev–Trinajstić information content (AvgIpc) is 2.93. The van der Waals surface area contributed by atoms with E-state index < -0.39 is 24.4 Å². The minimum atomic E-state index is -0.882. The van der Waals surface area contributed by atoms with Crippen LogP contribution in [0.2, 0.25) is 0 Å². The maximum absolute atomic E-state index is 13.7. The first-order chi connectivity index (χ1) is 18.4. The van der Waals surface area contributed by atoms with Gasteiger partial charge in [0.25, 0.3) is 5.91 Å². The Morgan fingerprint density at radius 3 is 2.37 bits per heavy atom. The van der Waals surface area contributed by atoms with Gasteiger partial charge in [0.1, 0.15) is 18.4 Å². The standard InChI is InChI=1S/C29H37N3O6/c1-3-5-12-25-28(35)31-24(18-21-13-15-23(33)16-14-21)27(34)30(17-6-4-2)19-26(31)32(38-25)29(36)37-20-22-10-8-7-9-11-22/h7-11,13-16,24-26,33H,3-6,12,17-20H2,1-2H3/t24-,25-,26?/m0/s1. The van der Waals surface area contributed by atoms with Crippen LogP contribution >= 0.6 is 0 Å². The Balaban J connectivity index is 1.65. The lowest BCUT2D eigenvalue weighted by Gasteiger charge is -2.52. The first-order valence-electron chi connectivity index (χ1n) is 13.5. The number of aromatic hydroxyl groups is 1. The van der Waals surface area contributed by atoms with Gasteiger partial charge in [-0.05, 0) is 36.1 Å². The van der Waals surface area contributed by atoms with E-state index in [4.69, 9.17) is 9.57 Å². The number of carbonyl (C=O) groups excluding carboxylic acids is 3. The second kappa shape index (κ2) is 12.8. The molecular weight excluding hydrogens is 486 g/mol. The largest absolute Gasteiger partial charge is 0.508 e. The highest BCUT2D eigenvalue weighted by Gasteiger charge is 2.53. The van der Waals surface area contributed by atoms with Crippen molar-refractivity contribution < 1.29 is 29.1 Å². The summed E-state index contributed by atoms with van der Waals surface area (Å²) < 4.78 is 5.61. The van der Waals surface area contributed by atoms with Crippen molar-refractivity contribution in [3.05, 3.63) is 65.7 Å². The first kappa shape index (κ1) is 27.4. The van der Waals surface area contributed by atoms with E-state index in [1.165, 1.54) is 9.96 Å². The molecule has 0 aromatic heterocycles. The topological polar surface area (TPSA) is 99.6 Å². The molecule has 3 atom stereocenters. The van der Waals surface area contributed by atoms with Gasteiger partial charge in [0.15, 0.2) is 12.3 Å². The van der Waals surface area contributed by atoms with Gasteiger partial charge in [0.2, 0.25) is 5.91 Å². The monoisotopic (exact) mass is 523 g/mol. The summed E-state index contributed by atoms with van der Waals surface area (Å²) in [6.45, 7) is 4.80. The molecule has 2 aromatic rings. The summed E-state index contributed by atoms with van der Waals surface area (Å²) in [6.07, 6.45) is 1.61. The molecule has 2 heterocycles.